The number of carbonyl (C=O) groups is 1. The van der Waals surface area contributed by atoms with Gasteiger partial charge in [0.2, 0.25) is 0 Å². The average molecular weight is 320 g/mol. The molecular formula is C20H18NO3-. The van der Waals surface area contributed by atoms with E-state index in [4.69, 9.17) is 10.00 Å². The fourth-order valence-electron chi connectivity index (χ4n) is 2.21. The zero-order chi connectivity index (χ0) is 17.4. The second-order valence-corrected chi connectivity index (χ2v) is 5.41. The van der Waals surface area contributed by atoms with Gasteiger partial charge in [-0.25, -0.2) is 0 Å². The molecule has 0 atom stereocenters. The highest BCUT2D eigenvalue weighted by atomic mass is 16.5. The van der Waals surface area contributed by atoms with Gasteiger partial charge in [0.1, 0.15) is 5.75 Å². The number of hydrogen-bond acceptors (Lipinski definition) is 4. The fourth-order valence-corrected chi connectivity index (χ4v) is 2.21. The molecule has 0 heterocycles. The molecule has 0 aliphatic rings. The van der Waals surface area contributed by atoms with E-state index in [0.717, 1.165) is 23.3 Å². The molecule has 122 valence electrons. The molecule has 0 radical (unpaired) electrons. The molecule has 0 fully saturated rings. The van der Waals surface area contributed by atoms with Crippen molar-refractivity contribution in [3.63, 3.8) is 0 Å². The number of carbonyl (C=O) groups excluding carboxylic acids is 1. The van der Waals surface area contributed by atoms with Gasteiger partial charge in [-0.1, -0.05) is 30.8 Å². The van der Waals surface area contributed by atoms with Gasteiger partial charge in [-0.15, -0.1) is 0 Å². The Hall–Kier alpha value is -3.06. The molecule has 4 nitrogen and oxygen atoms in total. The molecule has 0 spiro atoms. The minimum absolute atomic E-state index is 0.127. The van der Waals surface area contributed by atoms with E-state index in [1.165, 1.54) is 0 Å². The first-order chi connectivity index (χ1) is 11.6. The summed E-state index contributed by atoms with van der Waals surface area (Å²) in [5, 5.41) is 19.3. The second-order valence-electron chi connectivity index (χ2n) is 5.41. The predicted molar refractivity (Wildman–Crippen MR) is 90.1 cm³/mol. The summed E-state index contributed by atoms with van der Waals surface area (Å²) in [5.41, 5.74) is 2.86. The number of hydrogen-bond donors (Lipinski definition) is 0. The molecular weight excluding hydrogens is 302 g/mol. The molecule has 0 bridgehead atoms. The molecule has 2 aromatic rings. The van der Waals surface area contributed by atoms with Gasteiger partial charge in [-0.2, -0.15) is 5.26 Å². The third-order valence-corrected chi connectivity index (χ3v) is 3.63. The van der Waals surface area contributed by atoms with Crippen LogP contribution in [0.4, 0.5) is 0 Å². The SMILES string of the molecule is C=C(CCCCOc1ccc(-c2ccc(C#N)cc2)cc1)C(=O)[O-]. The Morgan fingerprint density at radius 3 is 2.17 bits per heavy atom. The van der Waals surface area contributed by atoms with Crippen molar-refractivity contribution < 1.29 is 14.6 Å². The molecule has 24 heavy (non-hydrogen) atoms. The van der Waals surface area contributed by atoms with E-state index in [1.807, 2.05) is 36.4 Å². The first kappa shape index (κ1) is 17.3. The highest BCUT2D eigenvalue weighted by molar-refractivity contribution is 5.83. The van der Waals surface area contributed by atoms with Crippen LogP contribution in [0.15, 0.2) is 60.7 Å². The monoisotopic (exact) mass is 320 g/mol. The lowest BCUT2D eigenvalue weighted by Gasteiger charge is -2.09. The average Bonchev–Trinajstić information content (AvgIpc) is 2.62. The minimum atomic E-state index is -1.19. The third-order valence-electron chi connectivity index (χ3n) is 3.63. The Morgan fingerprint density at radius 1 is 1.04 bits per heavy atom. The van der Waals surface area contributed by atoms with E-state index in [9.17, 15) is 9.90 Å². The topological polar surface area (TPSA) is 73.1 Å². The van der Waals surface area contributed by atoms with E-state index >= 15 is 0 Å². The van der Waals surface area contributed by atoms with Gasteiger partial charge in [0.05, 0.1) is 24.2 Å². The van der Waals surface area contributed by atoms with Crippen molar-refractivity contribution in [1.29, 1.82) is 5.26 Å². The Bertz CT molecular complexity index is 740. The summed E-state index contributed by atoms with van der Waals surface area (Å²) in [6, 6.07) is 17.2. The maximum absolute atomic E-state index is 10.5. The molecule has 0 aliphatic carbocycles. The number of rotatable bonds is 8. The lowest BCUT2D eigenvalue weighted by molar-refractivity contribution is -0.299. The van der Waals surface area contributed by atoms with Crippen LogP contribution >= 0.6 is 0 Å². The highest BCUT2D eigenvalue weighted by Gasteiger charge is 2.00. The number of carboxylic acid groups (broad SMARTS) is 1. The van der Waals surface area contributed by atoms with Gasteiger partial charge in [-0.3, -0.25) is 0 Å². The van der Waals surface area contributed by atoms with E-state index < -0.39 is 5.97 Å². The smallest absolute Gasteiger partial charge is 0.119 e. The summed E-state index contributed by atoms with van der Waals surface area (Å²) in [4.78, 5) is 10.5. The summed E-state index contributed by atoms with van der Waals surface area (Å²) in [6.45, 7) is 3.96. The zero-order valence-electron chi connectivity index (χ0n) is 13.3. The largest absolute Gasteiger partial charge is 0.545 e. The molecule has 0 aliphatic heterocycles. The van der Waals surface area contributed by atoms with Crippen LogP contribution < -0.4 is 9.84 Å². The number of nitrogens with zero attached hydrogens (tertiary/aromatic N) is 1. The fraction of sp³-hybridized carbons (Fsp3) is 0.200. The zero-order valence-corrected chi connectivity index (χ0v) is 13.3. The van der Waals surface area contributed by atoms with Crippen LogP contribution in [0.1, 0.15) is 24.8 Å². The molecule has 0 saturated carbocycles. The maximum Gasteiger partial charge on any atom is 0.119 e. The van der Waals surface area contributed by atoms with Crippen LogP contribution in [-0.4, -0.2) is 12.6 Å². The van der Waals surface area contributed by atoms with Crippen molar-refractivity contribution >= 4 is 5.97 Å². The Kier molecular flexibility index (Phi) is 6.16. The second kappa shape index (κ2) is 8.54. The Balaban J connectivity index is 1.80. The molecule has 0 amide bonds. The Morgan fingerprint density at radius 2 is 1.62 bits per heavy atom. The van der Waals surface area contributed by atoms with Crippen LogP contribution in [0, 0.1) is 11.3 Å². The van der Waals surface area contributed by atoms with Crippen LogP contribution in [0.2, 0.25) is 0 Å². The molecule has 0 saturated heterocycles. The van der Waals surface area contributed by atoms with E-state index in [2.05, 4.69) is 12.6 Å². The van der Waals surface area contributed by atoms with Crippen molar-refractivity contribution in [3.05, 3.63) is 66.2 Å². The molecule has 0 N–H and O–H groups in total. The quantitative estimate of drug-likeness (QED) is 0.553. The number of benzene rings is 2. The summed E-state index contributed by atoms with van der Waals surface area (Å²) in [7, 11) is 0. The lowest BCUT2D eigenvalue weighted by atomic mass is 10.0. The number of unbranched alkanes of at least 4 members (excludes halogenated alkanes) is 1. The lowest BCUT2D eigenvalue weighted by Crippen LogP contribution is -2.23. The Labute approximate surface area is 141 Å². The summed E-state index contributed by atoms with van der Waals surface area (Å²) in [5.74, 6) is -0.416. The molecule has 0 unspecified atom stereocenters. The summed E-state index contributed by atoms with van der Waals surface area (Å²) >= 11 is 0. The maximum atomic E-state index is 10.5. The van der Waals surface area contributed by atoms with Gasteiger partial charge in [0.25, 0.3) is 0 Å². The number of ether oxygens (including phenoxy) is 1. The first-order valence-corrected chi connectivity index (χ1v) is 7.72. The van der Waals surface area contributed by atoms with Gasteiger partial charge in [0.15, 0.2) is 0 Å². The number of carboxylic acids is 1. The van der Waals surface area contributed by atoms with Crippen molar-refractivity contribution in [1.82, 2.24) is 0 Å². The van der Waals surface area contributed by atoms with Crippen molar-refractivity contribution in [2.75, 3.05) is 6.61 Å². The van der Waals surface area contributed by atoms with Crippen LogP contribution in [0.3, 0.4) is 0 Å². The van der Waals surface area contributed by atoms with E-state index in [-0.39, 0.29) is 5.57 Å². The third kappa shape index (κ3) is 4.99. The normalized spacial score (nSPS) is 9.96. The minimum Gasteiger partial charge on any atom is -0.545 e. The summed E-state index contributed by atoms with van der Waals surface area (Å²) in [6.07, 6.45) is 1.88. The van der Waals surface area contributed by atoms with Gasteiger partial charge in [-0.05, 0) is 60.2 Å². The highest BCUT2D eigenvalue weighted by Crippen LogP contribution is 2.23. The van der Waals surface area contributed by atoms with Crippen LogP contribution in [-0.2, 0) is 4.79 Å². The summed E-state index contributed by atoms with van der Waals surface area (Å²) < 4.78 is 5.64. The van der Waals surface area contributed by atoms with Crippen LogP contribution in [0.5, 0.6) is 5.75 Å². The van der Waals surface area contributed by atoms with Crippen molar-refractivity contribution in [2.24, 2.45) is 0 Å². The van der Waals surface area contributed by atoms with E-state index in [0.29, 0.717) is 25.0 Å². The molecule has 2 aromatic carbocycles. The van der Waals surface area contributed by atoms with Crippen molar-refractivity contribution in [2.45, 2.75) is 19.3 Å². The van der Waals surface area contributed by atoms with Crippen LogP contribution in [0.25, 0.3) is 11.1 Å². The first-order valence-electron chi connectivity index (χ1n) is 7.72. The number of aliphatic carboxylic acids is 1. The van der Waals surface area contributed by atoms with E-state index in [1.54, 1.807) is 12.1 Å². The molecule has 0 aromatic heterocycles. The molecule has 4 heteroatoms. The van der Waals surface area contributed by atoms with Gasteiger partial charge < -0.3 is 14.6 Å². The number of nitriles is 1. The predicted octanol–water partition coefficient (Wildman–Crippen LogP) is 3.08. The van der Waals surface area contributed by atoms with Crippen molar-refractivity contribution in [3.8, 4) is 22.9 Å². The van der Waals surface area contributed by atoms with Gasteiger partial charge in [0, 0.05) is 0 Å². The molecule has 2 rings (SSSR count). The van der Waals surface area contributed by atoms with Gasteiger partial charge >= 0.3 is 0 Å². The standard InChI is InChI=1S/C20H19NO3/c1-15(20(22)23)4-2-3-13-24-19-11-9-18(10-12-19)17-7-5-16(14-21)6-8-17/h5-12H,1-4,13H2,(H,22,23)/p-1.